The summed E-state index contributed by atoms with van der Waals surface area (Å²) in [5, 5.41) is 10.6. The number of nitrogens with zero attached hydrogens (tertiary/aromatic N) is 2. The topological polar surface area (TPSA) is 94.9 Å². The minimum Gasteiger partial charge on any atom is -0.402 e. The number of ether oxygens (including phenoxy) is 1. The van der Waals surface area contributed by atoms with Crippen molar-refractivity contribution in [1.29, 1.82) is 0 Å². The summed E-state index contributed by atoms with van der Waals surface area (Å²) in [6.07, 6.45) is 1.29. The average Bonchev–Trinajstić information content (AvgIpc) is 3.07. The second-order valence-corrected chi connectivity index (χ2v) is 5.20. The van der Waals surface area contributed by atoms with Crippen LogP contribution in [0.4, 0.5) is 5.88 Å². The fourth-order valence-electron chi connectivity index (χ4n) is 1.81. The molecule has 2 aromatic rings. The summed E-state index contributed by atoms with van der Waals surface area (Å²) >= 11 is 3.32. The lowest BCUT2D eigenvalue weighted by atomic mass is 10.2. The van der Waals surface area contributed by atoms with Gasteiger partial charge in [0.25, 0.3) is 0 Å². The van der Waals surface area contributed by atoms with Crippen LogP contribution in [0.3, 0.4) is 0 Å². The normalized spacial score (nSPS) is 15.8. The number of aliphatic imine (C=N–C) groups is 1. The molecule has 1 aliphatic heterocycles. The van der Waals surface area contributed by atoms with Crippen molar-refractivity contribution in [3.05, 3.63) is 68.0 Å². The Hall–Kier alpha value is -2.74. The number of furan rings is 1. The molecule has 22 heavy (non-hydrogen) atoms. The van der Waals surface area contributed by atoms with Crippen LogP contribution in [-0.2, 0) is 9.53 Å². The monoisotopic (exact) mass is 362 g/mol. The van der Waals surface area contributed by atoms with E-state index in [9.17, 15) is 14.9 Å². The number of halogens is 1. The van der Waals surface area contributed by atoms with E-state index in [2.05, 4.69) is 20.9 Å². The van der Waals surface area contributed by atoms with Crippen molar-refractivity contribution in [2.75, 3.05) is 0 Å². The van der Waals surface area contributed by atoms with Gasteiger partial charge >= 0.3 is 11.9 Å². The first-order chi connectivity index (χ1) is 10.5. The van der Waals surface area contributed by atoms with Gasteiger partial charge in [-0.25, -0.2) is 9.79 Å². The summed E-state index contributed by atoms with van der Waals surface area (Å²) < 4.78 is 10.9. The Morgan fingerprint density at radius 1 is 1.27 bits per heavy atom. The number of nitro groups is 1. The molecule has 110 valence electrons. The Bertz CT molecular complexity index is 837. The van der Waals surface area contributed by atoms with Crippen LogP contribution in [0.25, 0.3) is 6.08 Å². The van der Waals surface area contributed by atoms with Crippen LogP contribution < -0.4 is 0 Å². The first-order valence-corrected chi connectivity index (χ1v) is 6.85. The van der Waals surface area contributed by atoms with Crippen LogP contribution >= 0.6 is 15.9 Å². The minimum absolute atomic E-state index is 0.0132. The second kappa shape index (κ2) is 5.57. The standard InChI is InChI=1S/C14H7BrN2O5/c15-9-3-1-2-8(6-9)13-16-11(14(18)22-13)7-10-4-5-12(21-10)17(19)20/h1-7H/b11-7-. The van der Waals surface area contributed by atoms with Crippen molar-refractivity contribution in [2.45, 2.75) is 0 Å². The summed E-state index contributed by atoms with van der Waals surface area (Å²) in [6, 6.07) is 9.70. The van der Waals surface area contributed by atoms with E-state index in [-0.39, 0.29) is 17.4 Å². The van der Waals surface area contributed by atoms with Gasteiger partial charge in [0.15, 0.2) is 5.70 Å². The highest BCUT2D eigenvalue weighted by Gasteiger charge is 2.25. The van der Waals surface area contributed by atoms with E-state index in [1.165, 1.54) is 18.2 Å². The summed E-state index contributed by atoms with van der Waals surface area (Å²) in [5.74, 6) is -0.736. The smallest absolute Gasteiger partial charge is 0.402 e. The number of carbonyl (C=O) groups is 1. The van der Waals surface area contributed by atoms with Crippen LogP contribution in [-0.4, -0.2) is 16.8 Å². The Labute approximate surface area is 132 Å². The maximum Gasteiger partial charge on any atom is 0.433 e. The van der Waals surface area contributed by atoms with Gasteiger partial charge in [0.1, 0.15) is 10.7 Å². The van der Waals surface area contributed by atoms with E-state index in [1.807, 2.05) is 6.07 Å². The fourth-order valence-corrected chi connectivity index (χ4v) is 2.21. The lowest BCUT2D eigenvalue weighted by molar-refractivity contribution is -0.402. The number of cyclic esters (lactones) is 1. The highest BCUT2D eigenvalue weighted by Crippen LogP contribution is 2.23. The van der Waals surface area contributed by atoms with Gasteiger partial charge in [-0.05, 0) is 24.3 Å². The number of carbonyl (C=O) groups excluding carboxylic acids is 1. The maximum absolute atomic E-state index is 11.8. The van der Waals surface area contributed by atoms with E-state index in [0.29, 0.717) is 5.56 Å². The summed E-state index contributed by atoms with van der Waals surface area (Å²) in [4.78, 5) is 25.8. The van der Waals surface area contributed by atoms with Crippen LogP contribution in [0.5, 0.6) is 0 Å². The number of rotatable bonds is 3. The highest BCUT2D eigenvalue weighted by atomic mass is 79.9. The van der Waals surface area contributed by atoms with E-state index in [1.54, 1.807) is 18.2 Å². The van der Waals surface area contributed by atoms with Gasteiger partial charge < -0.3 is 9.15 Å². The molecule has 0 saturated carbocycles. The van der Waals surface area contributed by atoms with Gasteiger partial charge in [-0.3, -0.25) is 10.1 Å². The molecule has 0 spiro atoms. The lowest BCUT2D eigenvalue weighted by Crippen LogP contribution is -2.05. The van der Waals surface area contributed by atoms with Crippen molar-refractivity contribution >= 4 is 39.8 Å². The van der Waals surface area contributed by atoms with Crippen LogP contribution in [0.2, 0.25) is 0 Å². The van der Waals surface area contributed by atoms with Crippen molar-refractivity contribution in [3.63, 3.8) is 0 Å². The molecule has 1 aromatic heterocycles. The molecule has 0 atom stereocenters. The molecule has 0 N–H and O–H groups in total. The zero-order valence-electron chi connectivity index (χ0n) is 10.9. The summed E-state index contributed by atoms with van der Waals surface area (Å²) in [7, 11) is 0. The Balaban J connectivity index is 1.92. The molecule has 0 saturated heterocycles. The molecular formula is C14H7BrN2O5. The Morgan fingerprint density at radius 2 is 2.09 bits per heavy atom. The number of hydrogen-bond donors (Lipinski definition) is 0. The molecule has 1 aromatic carbocycles. The summed E-state index contributed by atoms with van der Waals surface area (Å²) in [5.41, 5.74) is 0.649. The first-order valence-electron chi connectivity index (χ1n) is 6.05. The van der Waals surface area contributed by atoms with Crippen LogP contribution in [0.1, 0.15) is 11.3 Å². The molecule has 0 bridgehead atoms. The third kappa shape index (κ3) is 2.82. The molecule has 0 aliphatic carbocycles. The molecule has 0 amide bonds. The first kappa shape index (κ1) is 14.2. The SMILES string of the molecule is O=C1OC(c2cccc(Br)c2)=N/C1=C\c1ccc([N+](=O)[O-])o1. The van der Waals surface area contributed by atoms with Crippen molar-refractivity contribution < 1.29 is 18.9 Å². The fraction of sp³-hybridized carbons (Fsp3) is 0. The molecule has 3 rings (SSSR count). The van der Waals surface area contributed by atoms with Gasteiger partial charge in [0.2, 0.25) is 5.90 Å². The molecule has 0 radical (unpaired) electrons. The van der Waals surface area contributed by atoms with Gasteiger partial charge in [0.05, 0.1) is 6.07 Å². The van der Waals surface area contributed by atoms with E-state index in [0.717, 1.165) is 4.47 Å². The minimum atomic E-state index is -0.662. The molecule has 7 nitrogen and oxygen atoms in total. The van der Waals surface area contributed by atoms with Gasteiger partial charge in [-0.15, -0.1) is 0 Å². The van der Waals surface area contributed by atoms with Gasteiger partial charge in [-0.1, -0.05) is 22.0 Å². The predicted octanol–water partition coefficient (Wildman–Crippen LogP) is 3.29. The maximum atomic E-state index is 11.8. The van der Waals surface area contributed by atoms with Crippen molar-refractivity contribution in [2.24, 2.45) is 4.99 Å². The largest absolute Gasteiger partial charge is 0.433 e. The zero-order chi connectivity index (χ0) is 15.7. The van der Waals surface area contributed by atoms with E-state index >= 15 is 0 Å². The third-order valence-electron chi connectivity index (χ3n) is 2.76. The van der Waals surface area contributed by atoms with Gasteiger partial charge in [0, 0.05) is 16.1 Å². The van der Waals surface area contributed by atoms with Crippen molar-refractivity contribution in [3.8, 4) is 0 Å². The number of hydrogen-bond acceptors (Lipinski definition) is 6. The van der Waals surface area contributed by atoms with Gasteiger partial charge in [-0.2, -0.15) is 0 Å². The third-order valence-corrected chi connectivity index (χ3v) is 3.26. The lowest BCUT2D eigenvalue weighted by Gasteiger charge is -1.99. The van der Waals surface area contributed by atoms with E-state index in [4.69, 9.17) is 9.15 Å². The molecule has 1 aliphatic rings. The number of esters is 1. The highest BCUT2D eigenvalue weighted by molar-refractivity contribution is 9.10. The summed E-state index contributed by atoms with van der Waals surface area (Å²) in [6.45, 7) is 0. The zero-order valence-corrected chi connectivity index (χ0v) is 12.4. The predicted molar refractivity (Wildman–Crippen MR) is 80.1 cm³/mol. The Kier molecular flexibility index (Phi) is 3.60. The molecule has 2 heterocycles. The van der Waals surface area contributed by atoms with E-state index < -0.39 is 16.8 Å². The number of benzene rings is 1. The quantitative estimate of drug-likeness (QED) is 0.361. The second-order valence-electron chi connectivity index (χ2n) is 4.28. The molecule has 8 heteroatoms. The van der Waals surface area contributed by atoms with Crippen molar-refractivity contribution in [1.82, 2.24) is 0 Å². The molecule has 0 unspecified atom stereocenters. The molecule has 0 fully saturated rings. The average molecular weight is 363 g/mol. The van der Waals surface area contributed by atoms with Crippen LogP contribution in [0.15, 0.2) is 56.0 Å². The Morgan fingerprint density at radius 3 is 2.77 bits per heavy atom. The molecular weight excluding hydrogens is 356 g/mol. The van der Waals surface area contributed by atoms with Crippen LogP contribution in [0, 0.1) is 10.1 Å².